The summed E-state index contributed by atoms with van der Waals surface area (Å²) >= 11 is 0. The topological polar surface area (TPSA) is 82.5 Å². The lowest BCUT2D eigenvalue weighted by Crippen LogP contribution is -2.41. The van der Waals surface area contributed by atoms with Crippen molar-refractivity contribution < 1.29 is 14.7 Å². The zero-order chi connectivity index (χ0) is 19.3. The van der Waals surface area contributed by atoms with Gasteiger partial charge in [-0.05, 0) is 36.1 Å². The molecule has 6 heteroatoms. The second-order valence-corrected chi connectivity index (χ2v) is 6.90. The minimum absolute atomic E-state index is 0.163. The molecule has 0 aliphatic heterocycles. The van der Waals surface area contributed by atoms with Crippen LogP contribution in [0.25, 0.3) is 11.1 Å². The molecule has 26 heavy (non-hydrogen) atoms. The molecule has 0 unspecified atom stereocenters. The normalized spacial score (nSPS) is 11.9. The monoisotopic (exact) mass is 355 g/mol. The number of hydrogen-bond donors (Lipinski definition) is 2. The van der Waals surface area contributed by atoms with Crippen LogP contribution in [-0.2, 0) is 4.79 Å². The molecule has 138 valence electrons. The number of pyridine rings is 1. The molecule has 0 aliphatic rings. The van der Waals surface area contributed by atoms with Gasteiger partial charge in [-0.2, -0.15) is 0 Å². The Morgan fingerprint density at radius 1 is 1.12 bits per heavy atom. The predicted octanol–water partition coefficient (Wildman–Crippen LogP) is 3.04. The highest BCUT2D eigenvalue weighted by Crippen LogP contribution is 2.22. The Bertz CT molecular complexity index is 770. The number of aromatic nitrogens is 1. The van der Waals surface area contributed by atoms with Crippen LogP contribution in [0.1, 0.15) is 30.6 Å². The van der Waals surface area contributed by atoms with Gasteiger partial charge in [-0.25, -0.2) is 4.79 Å². The molecule has 0 fully saturated rings. The maximum absolute atomic E-state index is 12.4. The van der Waals surface area contributed by atoms with Crippen molar-refractivity contribution in [2.24, 2.45) is 5.92 Å². The zero-order valence-corrected chi connectivity index (χ0v) is 15.6. The predicted molar refractivity (Wildman–Crippen MR) is 102 cm³/mol. The standard InChI is InChI=1S/C20H25N3O3/c1-13(2)9-18(20(25)26)22-19(24)16-10-15(11-21-12-16)14-5-7-17(8-6-14)23(3)4/h5-8,10-13,18H,9H2,1-4H3,(H,22,24)(H,25,26)/t18-/m1/s1. The van der Waals surface area contributed by atoms with Crippen LogP contribution in [0.15, 0.2) is 42.7 Å². The fourth-order valence-corrected chi connectivity index (χ4v) is 2.61. The quantitative estimate of drug-likeness (QED) is 0.798. The second-order valence-electron chi connectivity index (χ2n) is 6.90. The highest BCUT2D eigenvalue weighted by atomic mass is 16.4. The molecule has 2 N–H and O–H groups in total. The maximum atomic E-state index is 12.4. The number of nitrogens with zero attached hydrogens (tertiary/aromatic N) is 2. The van der Waals surface area contributed by atoms with Crippen molar-refractivity contribution in [3.05, 3.63) is 48.3 Å². The summed E-state index contributed by atoms with van der Waals surface area (Å²) in [6.07, 6.45) is 3.51. The molecular formula is C20H25N3O3. The fraction of sp³-hybridized carbons (Fsp3) is 0.350. The highest BCUT2D eigenvalue weighted by molar-refractivity contribution is 5.97. The smallest absolute Gasteiger partial charge is 0.326 e. The molecule has 1 atom stereocenters. The van der Waals surface area contributed by atoms with Gasteiger partial charge in [0.15, 0.2) is 0 Å². The Hall–Kier alpha value is -2.89. The molecule has 6 nitrogen and oxygen atoms in total. The van der Waals surface area contributed by atoms with Gasteiger partial charge in [0.1, 0.15) is 6.04 Å². The molecule has 1 amide bonds. The summed E-state index contributed by atoms with van der Waals surface area (Å²) in [7, 11) is 3.94. The average Bonchev–Trinajstić information content (AvgIpc) is 2.60. The van der Waals surface area contributed by atoms with Crippen LogP contribution in [0.4, 0.5) is 5.69 Å². The highest BCUT2D eigenvalue weighted by Gasteiger charge is 2.22. The number of benzene rings is 1. The van der Waals surface area contributed by atoms with Crippen molar-refractivity contribution >= 4 is 17.6 Å². The molecule has 1 aromatic heterocycles. The van der Waals surface area contributed by atoms with Crippen molar-refractivity contribution in [1.82, 2.24) is 10.3 Å². The molecule has 1 aromatic carbocycles. The number of carbonyl (C=O) groups is 2. The summed E-state index contributed by atoms with van der Waals surface area (Å²) in [6.45, 7) is 3.84. The first-order valence-electron chi connectivity index (χ1n) is 8.54. The van der Waals surface area contributed by atoms with E-state index in [-0.39, 0.29) is 5.92 Å². The van der Waals surface area contributed by atoms with Gasteiger partial charge in [-0.15, -0.1) is 0 Å². The Balaban J connectivity index is 2.19. The van der Waals surface area contributed by atoms with E-state index in [1.807, 2.05) is 57.1 Å². The van der Waals surface area contributed by atoms with Crippen LogP contribution < -0.4 is 10.2 Å². The van der Waals surface area contributed by atoms with Gasteiger partial charge in [0.25, 0.3) is 5.91 Å². The Morgan fingerprint density at radius 3 is 2.31 bits per heavy atom. The minimum atomic E-state index is -1.03. The molecule has 1 heterocycles. The van der Waals surface area contributed by atoms with Crippen LogP contribution in [0, 0.1) is 5.92 Å². The molecule has 2 aromatic rings. The van der Waals surface area contributed by atoms with Gasteiger partial charge in [0.2, 0.25) is 0 Å². The molecule has 0 saturated heterocycles. The van der Waals surface area contributed by atoms with Crippen LogP contribution in [-0.4, -0.2) is 42.1 Å². The van der Waals surface area contributed by atoms with Crippen LogP contribution in [0.2, 0.25) is 0 Å². The van der Waals surface area contributed by atoms with E-state index in [1.165, 1.54) is 6.20 Å². The fourth-order valence-electron chi connectivity index (χ4n) is 2.61. The summed E-state index contributed by atoms with van der Waals surface area (Å²) < 4.78 is 0. The zero-order valence-electron chi connectivity index (χ0n) is 15.6. The van der Waals surface area contributed by atoms with Crippen molar-refractivity contribution in [3.8, 4) is 11.1 Å². The van der Waals surface area contributed by atoms with E-state index in [1.54, 1.807) is 12.3 Å². The molecule has 0 spiro atoms. The minimum Gasteiger partial charge on any atom is -0.480 e. The van der Waals surface area contributed by atoms with Crippen LogP contribution >= 0.6 is 0 Å². The van der Waals surface area contributed by atoms with E-state index in [9.17, 15) is 14.7 Å². The lowest BCUT2D eigenvalue weighted by Gasteiger charge is -2.16. The van der Waals surface area contributed by atoms with Crippen molar-refractivity contribution in [2.45, 2.75) is 26.3 Å². The van der Waals surface area contributed by atoms with E-state index in [2.05, 4.69) is 10.3 Å². The molecule has 0 radical (unpaired) electrons. The summed E-state index contributed by atoms with van der Waals surface area (Å²) in [5.74, 6) is -1.30. The van der Waals surface area contributed by atoms with Crippen LogP contribution in [0.3, 0.4) is 0 Å². The van der Waals surface area contributed by atoms with Crippen molar-refractivity contribution in [2.75, 3.05) is 19.0 Å². The van der Waals surface area contributed by atoms with Gasteiger partial charge in [0.05, 0.1) is 5.56 Å². The number of carboxylic acid groups (broad SMARTS) is 1. The first-order chi connectivity index (χ1) is 12.3. The first-order valence-corrected chi connectivity index (χ1v) is 8.54. The molecular weight excluding hydrogens is 330 g/mol. The summed E-state index contributed by atoms with van der Waals surface area (Å²) in [4.78, 5) is 29.9. The van der Waals surface area contributed by atoms with Crippen LogP contribution in [0.5, 0.6) is 0 Å². The molecule has 0 bridgehead atoms. The lowest BCUT2D eigenvalue weighted by molar-refractivity contribution is -0.139. The summed E-state index contributed by atoms with van der Waals surface area (Å²) in [5, 5.41) is 11.9. The average molecular weight is 355 g/mol. The van der Waals surface area contributed by atoms with E-state index >= 15 is 0 Å². The van der Waals surface area contributed by atoms with Gasteiger partial charge >= 0.3 is 5.97 Å². The number of nitrogens with one attached hydrogen (secondary N) is 1. The first kappa shape index (κ1) is 19.4. The van der Waals surface area contributed by atoms with E-state index in [0.29, 0.717) is 12.0 Å². The van der Waals surface area contributed by atoms with E-state index in [4.69, 9.17) is 0 Å². The molecule has 2 rings (SSSR count). The third-order valence-electron chi connectivity index (χ3n) is 4.03. The molecule has 0 aliphatic carbocycles. The van der Waals surface area contributed by atoms with Crippen molar-refractivity contribution in [3.63, 3.8) is 0 Å². The summed E-state index contributed by atoms with van der Waals surface area (Å²) in [6, 6.07) is 8.72. The van der Waals surface area contributed by atoms with Gasteiger partial charge in [-0.3, -0.25) is 9.78 Å². The van der Waals surface area contributed by atoms with Gasteiger partial charge in [-0.1, -0.05) is 26.0 Å². The number of carbonyl (C=O) groups excluding carboxylic acids is 1. The SMILES string of the molecule is CC(C)C[C@@H](NC(=O)c1cncc(-c2ccc(N(C)C)cc2)c1)C(=O)O. The van der Waals surface area contributed by atoms with Crippen molar-refractivity contribution in [1.29, 1.82) is 0 Å². The van der Waals surface area contributed by atoms with Gasteiger partial charge in [0, 0.05) is 37.7 Å². The number of hydrogen-bond acceptors (Lipinski definition) is 4. The largest absolute Gasteiger partial charge is 0.480 e. The van der Waals surface area contributed by atoms with Gasteiger partial charge < -0.3 is 15.3 Å². The Morgan fingerprint density at radius 2 is 1.77 bits per heavy atom. The maximum Gasteiger partial charge on any atom is 0.326 e. The van der Waals surface area contributed by atoms with E-state index < -0.39 is 17.9 Å². The third kappa shape index (κ3) is 5.05. The Kier molecular flexibility index (Phi) is 6.33. The third-order valence-corrected chi connectivity index (χ3v) is 4.03. The number of rotatable bonds is 7. The Labute approximate surface area is 153 Å². The number of aliphatic carboxylic acids is 1. The second kappa shape index (κ2) is 8.47. The number of anilines is 1. The van der Waals surface area contributed by atoms with E-state index in [0.717, 1.165) is 16.8 Å². The molecule has 0 saturated carbocycles. The lowest BCUT2D eigenvalue weighted by atomic mass is 10.0. The summed E-state index contributed by atoms with van der Waals surface area (Å²) in [5.41, 5.74) is 3.16. The number of amides is 1. The number of carboxylic acids is 1.